The van der Waals surface area contributed by atoms with Crippen LogP contribution in [0.3, 0.4) is 0 Å². The van der Waals surface area contributed by atoms with Crippen molar-refractivity contribution in [3.63, 3.8) is 0 Å². The van der Waals surface area contributed by atoms with E-state index in [1.54, 1.807) is 0 Å². The van der Waals surface area contributed by atoms with Crippen molar-refractivity contribution in [1.29, 1.82) is 0 Å². The van der Waals surface area contributed by atoms with Crippen LogP contribution >= 0.6 is 30.9 Å². The van der Waals surface area contributed by atoms with Crippen LogP contribution in [0.2, 0.25) is 10.0 Å². The maximum Gasteiger partial charge on any atom is 0.459 e. The zero-order valence-electron chi connectivity index (χ0n) is 19.0. The third-order valence-electron chi connectivity index (χ3n) is 4.74. The third-order valence-corrected chi connectivity index (χ3v) is 7.12. The first kappa shape index (κ1) is 28.3. The van der Waals surface area contributed by atoms with Gasteiger partial charge in [0.15, 0.2) is 6.10 Å². The quantitative estimate of drug-likeness (QED) is 0.124. The Morgan fingerprint density at radius 3 is 2.73 bits per heavy atom. The number of rotatable bonds is 10. The Kier molecular flexibility index (Phi) is 9.05. The summed E-state index contributed by atoms with van der Waals surface area (Å²) in [7, 11) is -3.28. The Hall–Kier alpha value is -3.29. The number of carbonyl (C=O) groups is 1. The van der Waals surface area contributed by atoms with E-state index in [1.165, 1.54) is 25.1 Å². The molecule has 3 rings (SSSR count). The predicted molar refractivity (Wildman–Crippen MR) is 130 cm³/mol. The molecule has 2 aromatic rings. The molecule has 1 unspecified atom stereocenters. The minimum atomic E-state index is -4.40. The van der Waals surface area contributed by atoms with Crippen LogP contribution in [-0.4, -0.2) is 52.6 Å². The Morgan fingerprint density at radius 1 is 1.38 bits per heavy atom. The molecule has 37 heavy (non-hydrogen) atoms. The molecule has 2 heterocycles. The van der Waals surface area contributed by atoms with Gasteiger partial charge < -0.3 is 19.1 Å². The van der Waals surface area contributed by atoms with E-state index in [4.69, 9.17) is 42.5 Å². The molecule has 18 heteroatoms. The topological polar surface area (TPSA) is 207 Å². The maximum atomic E-state index is 13.6. The van der Waals surface area contributed by atoms with Gasteiger partial charge >= 0.3 is 19.4 Å². The highest BCUT2D eigenvalue weighted by molar-refractivity contribution is 7.52. The Balaban J connectivity index is 1.87. The zero-order valence-corrected chi connectivity index (χ0v) is 21.4. The summed E-state index contributed by atoms with van der Waals surface area (Å²) in [4.78, 5) is 40.0. The lowest BCUT2D eigenvalue weighted by Crippen LogP contribution is -2.36. The van der Waals surface area contributed by atoms with Gasteiger partial charge in [-0.15, -0.1) is 0 Å². The largest absolute Gasteiger partial charge is 0.469 e. The normalized spacial score (nSPS) is 19.4. The van der Waals surface area contributed by atoms with E-state index < -0.39 is 61.4 Å². The summed E-state index contributed by atoms with van der Waals surface area (Å²) >= 11 is 11.9. The second-order valence-electron chi connectivity index (χ2n) is 7.30. The second kappa shape index (κ2) is 11.8. The number of methoxy groups -OCH3 is 1. The molecule has 3 N–H and O–H groups in total. The molecule has 4 atom stereocenters. The van der Waals surface area contributed by atoms with Gasteiger partial charge in [0, 0.05) is 23.2 Å². The number of H-pyrrole nitrogens is 1. The van der Waals surface area contributed by atoms with Crippen LogP contribution in [0, 0.1) is 0 Å². The first-order chi connectivity index (χ1) is 17.5. The highest BCUT2D eigenvalue weighted by atomic mass is 35.5. The molecule has 0 fully saturated rings. The van der Waals surface area contributed by atoms with Crippen LogP contribution in [0.5, 0.6) is 5.75 Å². The molecule has 198 valence electrons. The molecule has 1 aromatic carbocycles. The zero-order chi connectivity index (χ0) is 27.3. The second-order valence-corrected chi connectivity index (χ2v) is 9.80. The van der Waals surface area contributed by atoms with Crippen molar-refractivity contribution in [2.24, 2.45) is 5.11 Å². The highest BCUT2D eigenvalue weighted by Crippen LogP contribution is 2.46. The summed E-state index contributed by atoms with van der Waals surface area (Å²) in [5.41, 5.74) is 6.85. The van der Waals surface area contributed by atoms with Crippen molar-refractivity contribution >= 4 is 42.8 Å². The van der Waals surface area contributed by atoms with Gasteiger partial charge in [-0.3, -0.25) is 19.1 Å². The summed E-state index contributed by atoms with van der Waals surface area (Å²) in [5.74, 6) is -1.22. The molecular weight excluding hydrogens is 558 g/mol. The van der Waals surface area contributed by atoms with Crippen LogP contribution in [0.4, 0.5) is 0 Å². The molecular formula is C19H19Cl2N6O9P. The van der Waals surface area contributed by atoms with Gasteiger partial charge in [-0.05, 0) is 24.6 Å². The summed E-state index contributed by atoms with van der Waals surface area (Å²) in [6.07, 6.45) is -1.98. The number of azide groups is 1. The molecule has 0 spiro atoms. The fraction of sp³-hybridized carbons (Fsp3) is 0.316. The average Bonchev–Trinajstić information content (AvgIpc) is 3.15. The number of aromatic amines is 1. The summed E-state index contributed by atoms with van der Waals surface area (Å²) < 4.78 is 35.4. The van der Waals surface area contributed by atoms with Crippen molar-refractivity contribution in [3.05, 3.63) is 77.5 Å². The number of nitrogens with one attached hydrogen (secondary N) is 2. The Labute approximate surface area is 217 Å². The number of nitrogens with zero attached hydrogens (tertiary/aromatic N) is 4. The number of aliphatic hydroxyl groups excluding tert-OH is 1. The van der Waals surface area contributed by atoms with Crippen molar-refractivity contribution < 1.29 is 33.0 Å². The average molecular weight is 577 g/mol. The van der Waals surface area contributed by atoms with Gasteiger partial charge in [0.05, 0.1) is 23.8 Å². The van der Waals surface area contributed by atoms with Crippen LogP contribution in [0.1, 0.15) is 6.92 Å². The molecule has 1 aromatic heterocycles. The van der Waals surface area contributed by atoms with Gasteiger partial charge in [-0.1, -0.05) is 28.3 Å². The molecule has 0 radical (unpaired) electrons. The summed E-state index contributed by atoms with van der Waals surface area (Å²) in [5, 5.41) is 16.7. The summed E-state index contributed by atoms with van der Waals surface area (Å²) in [6.45, 7) is 0.676. The Morgan fingerprint density at radius 2 is 2.11 bits per heavy atom. The number of aromatic nitrogens is 2. The number of hydrogen-bond acceptors (Lipinski definition) is 10. The lowest BCUT2D eigenvalue weighted by Gasteiger charge is -2.24. The van der Waals surface area contributed by atoms with E-state index in [9.17, 15) is 24.1 Å². The van der Waals surface area contributed by atoms with Gasteiger partial charge in [-0.25, -0.2) is 13.9 Å². The highest BCUT2D eigenvalue weighted by Gasteiger charge is 2.40. The number of ether oxygens (including phenoxy) is 2. The first-order valence-corrected chi connectivity index (χ1v) is 12.5. The minimum Gasteiger partial charge on any atom is -0.469 e. The van der Waals surface area contributed by atoms with Crippen molar-refractivity contribution in [2.45, 2.75) is 25.2 Å². The number of hydrogen-bond donors (Lipinski definition) is 3. The standard InChI is InChI=1S/C19H19Cl2N6O9P/c1-9(18(30)33-2)25-37(32,36-10-3-4-11(20)12(21)7-10)34-8-13-16(29)15(24-26-22)17(35-13)27-6-5-14(28)23-19(27)31/h3-7,9,13,16,29H,8H2,1-2H3,(H,25,32)(H,23,28,31)/t9-,13+,16+,37?/m0/s1. The van der Waals surface area contributed by atoms with E-state index in [0.717, 1.165) is 23.9 Å². The SMILES string of the molecule is COC(=O)[C@H](C)NP(=O)(OC[C@H]1OC(n2ccc(=O)[nH]c2=O)=C(N=[N+]=[N-])[C@@H]1O)Oc1ccc(Cl)c(Cl)c1. The van der Waals surface area contributed by atoms with Crippen molar-refractivity contribution in [2.75, 3.05) is 13.7 Å². The van der Waals surface area contributed by atoms with Gasteiger partial charge in [0.2, 0.25) is 5.88 Å². The predicted octanol–water partition coefficient (Wildman–Crippen LogP) is 2.39. The number of aliphatic hydroxyl groups is 1. The molecule has 0 saturated carbocycles. The van der Waals surface area contributed by atoms with Crippen molar-refractivity contribution in [3.8, 4) is 5.75 Å². The van der Waals surface area contributed by atoms with Gasteiger partial charge in [0.25, 0.3) is 5.56 Å². The molecule has 0 saturated heterocycles. The third kappa shape index (κ3) is 6.73. The van der Waals surface area contributed by atoms with E-state index in [1.807, 2.05) is 4.98 Å². The molecule has 0 aliphatic carbocycles. The van der Waals surface area contributed by atoms with Crippen LogP contribution in [0.15, 0.2) is 50.9 Å². The lowest BCUT2D eigenvalue weighted by atomic mass is 10.2. The van der Waals surface area contributed by atoms with E-state index >= 15 is 0 Å². The molecule has 0 bridgehead atoms. The number of carbonyl (C=O) groups excluding carboxylic acids is 1. The monoisotopic (exact) mass is 576 g/mol. The van der Waals surface area contributed by atoms with Crippen molar-refractivity contribution in [1.82, 2.24) is 14.6 Å². The lowest BCUT2D eigenvalue weighted by molar-refractivity contribution is -0.142. The Bertz CT molecular complexity index is 1440. The number of esters is 1. The number of halogens is 2. The maximum absolute atomic E-state index is 13.6. The number of benzene rings is 1. The van der Waals surface area contributed by atoms with Crippen LogP contribution in [0.25, 0.3) is 16.3 Å². The van der Waals surface area contributed by atoms with Gasteiger partial charge in [-0.2, -0.15) is 5.09 Å². The first-order valence-electron chi connectivity index (χ1n) is 10.2. The van der Waals surface area contributed by atoms with Gasteiger partial charge in [0.1, 0.15) is 23.6 Å². The molecule has 15 nitrogen and oxygen atoms in total. The molecule has 1 aliphatic heterocycles. The smallest absolute Gasteiger partial charge is 0.459 e. The minimum absolute atomic E-state index is 0.0384. The summed E-state index contributed by atoms with van der Waals surface area (Å²) in [6, 6.07) is 3.81. The molecule has 0 amide bonds. The molecule has 1 aliphatic rings. The van der Waals surface area contributed by atoms with E-state index in [-0.39, 0.29) is 15.8 Å². The van der Waals surface area contributed by atoms with Crippen LogP contribution < -0.4 is 20.9 Å². The van der Waals surface area contributed by atoms with E-state index in [0.29, 0.717) is 0 Å². The van der Waals surface area contributed by atoms with Crippen LogP contribution in [-0.2, 0) is 23.4 Å². The fourth-order valence-corrected chi connectivity index (χ4v) is 4.79. The fourth-order valence-electron chi connectivity index (χ4n) is 3.00. The van der Waals surface area contributed by atoms with E-state index in [2.05, 4.69) is 19.9 Å².